The first-order chi connectivity index (χ1) is 8.90. The van der Waals surface area contributed by atoms with Gasteiger partial charge in [-0.15, -0.1) is 0 Å². The van der Waals surface area contributed by atoms with Crippen LogP contribution in [0.5, 0.6) is 0 Å². The number of nitrogens with one attached hydrogen (secondary N) is 1. The summed E-state index contributed by atoms with van der Waals surface area (Å²) in [6.07, 6.45) is 7.16. The topological polar surface area (TPSA) is 21.3 Å². The van der Waals surface area contributed by atoms with Crippen LogP contribution in [-0.2, 0) is 4.74 Å². The molecule has 1 unspecified atom stereocenters. The number of ether oxygens (including phenoxy) is 1. The molecule has 2 heteroatoms. The Morgan fingerprint density at radius 3 is 2.56 bits per heavy atom. The van der Waals surface area contributed by atoms with Gasteiger partial charge in [-0.2, -0.15) is 0 Å². The van der Waals surface area contributed by atoms with E-state index >= 15 is 0 Å². The number of likely N-dealkylation sites (N-methyl/N-ethyl adjacent to an activating group) is 1. The molecule has 1 N–H and O–H groups in total. The fourth-order valence-electron chi connectivity index (χ4n) is 2.62. The summed E-state index contributed by atoms with van der Waals surface area (Å²) in [5, 5.41) is 3.41. The quantitative estimate of drug-likeness (QED) is 0.828. The van der Waals surface area contributed by atoms with Gasteiger partial charge in [0.15, 0.2) is 0 Å². The lowest BCUT2D eigenvalue weighted by molar-refractivity contribution is -0.0304. The Hall–Kier alpha value is -0.860. The van der Waals surface area contributed by atoms with Gasteiger partial charge in [-0.05, 0) is 24.9 Å². The molecule has 0 radical (unpaired) electrons. The second kappa shape index (κ2) is 7.55. The molecule has 100 valence electrons. The molecule has 1 aliphatic carbocycles. The smallest absolute Gasteiger partial charge is 0.0952 e. The van der Waals surface area contributed by atoms with Crippen LogP contribution < -0.4 is 5.32 Å². The maximum atomic E-state index is 6.32. The first-order valence-electron chi connectivity index (χ1n) is 7.31. The van der Waals surface area contributed by atoms with Gasteiger partial charge in [0.05, 0.1) is 12.2 Å². The number of hydrogen-bond acceptors (Lipinski definition) is 2. The van der Waals surface area contributed by atoms with Gasteiger partial charge < -0.3 is 10.1 Å². The number of rotatable bonds is 6. The third-order valence-corrected chi connectivity index (χ3v) is 3.66. The second-order valence-electron chi connectivity index (χ2n) is 5.10. The molecule has 0 saturated heterocycles. The fraction of sp³-hybridized carbons (Fsp3) is 0.625. The molecule has 0 amide bonds. The Balaban J connectivity index is 1.95. The molecule has 18 heavy (non-hydrogen) atoms. The second-order valence-corrected chi connectivity index (χ2v) is 5.10. The molecule has 0 bridgehead atoms. The van der Waals surface area contributed by atoms with Gasteiger partial charge in [0.25, 0.3) is 0 Å². The highest BCUT2D eigenvalue weighted by atomic mass is 16.5. The van der Waals surface area contributed by atoms with E-state index in [-0.39, 0.29) is 6.10 Å². The van der Waals surface area contributed by atoms with Crippen LogP contribution in [0.25, 0.3) is 0 Å². The van der Waals surface area contributed by atoms with E-state index in [9.17, 15) is 0 Å². The van der Waals surface area contributed by atoms with Crippen LogP contribution in [0.4, 0.5) is 0 Å². The number of benzene rings is 1. The molecular weight excluding hydrogens is 222 g/mol. The van der Waals surface area contributed by atoms with E-state index in [1.165, 1.54) is 37.7 Å². The SMILES string of the molecule is CCNCC(OC1CCCCC1)c1ccccc1. The minimum Gasteiger partial charge on any atom is -0.369 e. The molecule has 1 aliphatic rings. The Kier molecular flexibility index (Phi) is 5.69. The van der Waals surface area contributed by atoms with E-state index in [4.69, 9.17) is 4.74 Å². The highest BCUT2D eigenvalue weighted by molar-refractivity contribution is 5.18. The van der Waals surface area contributed by atoms with Crippen molar-refractivity contribution >= 4 is 0 Å². The van der Waals surface area contributed by atoms with Crippen molar-refractivity contribution in [2.75, 3.05) is 13.1 Å². The number of hydrogen-bond donors (Lipinski definition) is 1. The third kappa shape index (κ3) is 4.11. The highest BCUT2D eigenvalue weighted by Crippen LogP contribution is 2.26. The molecule has 0 aliphatic heterocycles. The lowest BCUT2D eigenvalue weighted by Gasteiger charge is -2.28. The summed E-state index contributed by atoms with van der Waals surface area (Å²) >= 11 is 0. The third-order valence-electron chi connectivity index (χ3n) is 3.66. The minimum absolute atomic E-state index is 0.203. The summed E-state index contributed by atoms with van der Waals surface area (Å²) in [6, 6.07) is 10.6. The molecule has 1 fully saturated rings. The molecule has 0 aromatic heterocycles. The summed E-state index contributed by atoms with van der Waals surface area (Å²) in [6.45, 7) is 4.05. The van der Waals surface area contributed by atoms with Gasteiger partial charge >= 0.3 is 0 Å². The highest BCUT2D eigenvalue weighted by Gasteiger charge is 2.20. The Labute approximate surface area is 111 Å². The van der Waals surface area contributed by atoms with Crippen LogP contribution in [-0.4, -0.2) is 19.2 Å². The standard InChI is InChI=1S/C16H25NO/c1-2-17-13-16(14-9-5-3-6-10-14)18-15-11-7-4-8-12-15/h3,5-6,9-10,15-17H,2,4,7-8,11-13H2,1H3. The van der Waals surface area contributed by atoms with Gasteiger partial charge in [0.2, 0.25) is 0 Å². The zero-order valence-corrected chi connectivity index (χ0v) is 11.4. The minimum atomic E-state index is 0.203. The van der Waals surface area contributed by atoms with Crippen LogP contribution in [0.1, 0.15) is 50.7 Å². The molecule has 0 spiro atoms. The monoisotopic (exact) mass is 247 g/mol. The normalized spacial score (nSPS) is 18.7. The summed E-state index contributed by atoms with van der Waals surface area (Å²) in [4.78, 5) is 0. The van der Waals surface area contributed by atoms with Crippen molar-refractivity contribution in [3.63, 3.8) is 0 Å². The first kappa shape index (κ1) is 13.6. The molecule has 1 saturated carbocycles. The van der Waals surface area contributed by atoms with Gasteiger partial charge in [-0.3, -0.25) is 0 Å². The maximum absolute atomic E-state index is 6.32. The van der Waals surface area contributed by atoms with Crippen molar-refractivity contribution < 1.29 is 4.74 Å². The summed E-state index contributed by atoms with van der Waals surface area (Å²) < 4.78 is 6.32. The van der Waals surface area contributed by atoms with Crippen molar-refractivity contribution in [1.82, 2.24) is 5.32 Å². The maximum Gasteiger partial charge on any atom is 0.0952 e. The Bertz CT molecular complexity index is 319. The predicted octanol–water partition coefficient (Wildman–Crippen LogP) is 3.69. The molecule has 1 aromatic carbocycles. The molecule has 1 atom stereocenters. The van der Waals surface area contributed by atoms with E-state index in [2.05, 4.69) is 42.6 Å². The van der Waals surface area contributed by atoms with E-state index in [0.29, 0.717) is 6.10 Å². The average molecular weight is 247 g/mol. The molecule has 2 rings (SSSR count). The van der Waals surface area contributed by atoms with Gasteiger partial charge in [0.1, 0.15) is 0 Å². The molecular formula is C16H25NO. The fourth-order valence-corrected chi connectivity index (χ4v) is 2.62. The predicted molar refractivity (Wildman–Crippen MR) is 75.7 cm³/mol. The Morgan fingerprint density at radius 2 is 1.89 bits per heavy atom. The van der Waals surface area contributed by atoms with Gasteiger partial charge in [-0.1, -0.05) is 56.5 Å². The van der Waals surface area contributed by atoms with E-state index in [1.807, 2.05) is 0 Å². The summed E-state index contributed by atoms with van der Waals surface area (Å²) in [5.74, 6) is 0. The molecule has 0 heterocycles. The summed E-state index contributed by atoms with van der Waals surface area (Å²) in [7, 11) is 0. The van der Waals surface area contributed by atoms with Crippen LogP contribution in [0.15, 0.2) is 30.3 Å². The van der Waals surface area contributed by atoms with E-state index < -0.39 is 0 Å². The van der Waals surface area contributed by atoms with E-state index in [0.717, 1.165) is 13.1 Å². The van der Waals surface area contributed by atoms with Crippen molar-refractivity contribution in [2.24, 2.45) is 0 Å². The van der Waals surface area contributed by atoms with Crippen LogP contribution in [0.2, 0.25) is 0 Å². The van der Waals surface area contributed by atoms with Crippen LogP contribution >= 0.6 is 0 Å². The van der Waals surface area contributed by atoms with Crippen LogP contribution in [0.3, 0.4) is 0 Å². The molecule has 1 aromatic rings. The van der Waals surface area contributed by atoms with Crippen LogP contribution in [0, 0.1) is 0 Å². The average Bonchev–Trinajstić information content (AvgIpc) is 2.45. The van der Waals surface area contributed by atoms with Gasteiger partial charge in [0, 0.05) is 6.54 Å². The first-order valence-corrected chi connectivity index (χ1v) is 7.31. The van der Waals surface area contributed by atoms with Crippen molar-refractivity contribution in [1.29, 1.82) is 0 Å². The van der Waals surface area contributed by atoms with Crippen molar-refractivity contribution in [3.8, 4) is 0 Å². The van der Waals surface area contributed by atoms with Crippen molar-refractivity contribution in [3.05, 3.63) is 35.9 Å². The summed E-state index contributed by atoms with van der Waals surface area (Å²) in [5.41, 5.74) is 1.30. The van der Waals surface area contributed by atoms with Gasteiger partial charge in [-0.25, -0.2) is 0 Å². The zero-order valence-electron chi connectivity index (χ0n) is 11.4. The molecule has 2 nitrogen and oxygen atoms in total. The lowest BCUT2D eigenvalue weighted by atomic mass is 9.97. The lowest BCUT2D eigenvalue weighted by Crippen LogP contribution is -2.27. The zero-order chi connectivity index (χ0) is 12.6. The van der Waals surface area contributed by atoms with Crippen molar-refractivity contribution in [2.45, 2.75) is 51.2 Å². The Morgan fingerprint density at radius 1 is 1.17 bits per heavy atom. The largest absolute Gasteiger partial charge is 0.369 e. The van der Waals surface area contributed by atoms with E-state index in [1.54, 1.807) is 0 Å².